The van der Waals surface area contributed by atoms with Gasteiger partial charge >= 0.3 is 0 Å². The van der Waals surface area contributed by atoms with Crippen molar-refractivity contribution in [2.45, 2.75) is 33.7 Å². The molecule has 0 aromatic carbocycles. The monoisotopic (exact) mass is 241 g/mol. The zero-order valence-corrected chi connectivity index (χ0v) is 11.8. The van der Waals surface area contributed by atoms with E-state index in [2.05, 4.69) is 36.0 Å². The zero-order chi connectivity index (χ0) is 12.1. The lowest BCUT2D eigenvalue weighted by Crippen LogP contribution is -2.18. The molecule has 0 amide bonds. The molecule has 0 unspecified atom stereocenters. The number of anilines is 1. The summed E-state index contributed by atoms with van der Waals surface area (Å²) >= 11 is 1.80. The van der Waals surface area contributed by atoms with Crippen molar-refractivity contribution >= 4 is 16.5 Å². The number of hydrogen-bond acceptors (Lipinski definition) is 4. The van der Waals surface area contributed by atoms with E-state index >= 15 is 0 Å². The van der Waals surface area contributed by atoms with Crippen molar-refractivity contribution in [3.63, 3.8) is 0 Å². The lowest BCUT2D eigenvalue weighted by atomic mass is 10.2. The molecule has 3 nitrogen and oxygen atoms in total. The van der Waals surface area contributed by atoms with E-state index in [1.165, 1.54) is 10.6 Å². The van der Waals surface area contributed by atoms with Gasteiger partial charge in [0, 0.05) is 25.5 Å². The number of nitrogens with zero attached hydrogens (tertiary/aromatic N) is 2. The summed E-state index contributed by atoms with van der Waals surface area (Å²) in [5.74, 6) is 0.700. The van der Waals surface area contributed by atoms with Gasteiger partial charge in [-0.3, -0.25) is 0 Å². The Morgan fingerprint density at radius 2 is 2.06 bits per heavy atom. The highest BCUT2D eigenvalue weighted by Crippen LogP contribution is 2.25. The molecule has 0 bridgehead atoms. The van der Waals surface area contributed by atoms with E-state index in [9.17, 15) is 0 Å². The second kappa shape index (κ2) is 6.21. The Balaban J connectivity index is 2.63. The smallest absolute Gasteiger partial charge is 0.185 e. The number of rotatable bonds is 6. The molecule has 1 N–H and O–H groups in total. The summed E-state index contributed by atoms with van der Waals surface area (Å²) in [7, 11) is 4.09. The molecule has 0 aliphatic heterocycles. The Labute approximate surface area is 103 Å². The molecule has 1 heterocycles. The predicted octanol–water partition coefficient (Wildman–Crippen LogP) is 2.52. The number of aromatic nitrogens is 1. The fraction of sp³-hybridized carbons (Fsp3) is 0.750. The van der Waals surface area contributed by atoms with Gasteiger partial charge in [-0.1, -0.05) is 20.8 Å². The number of aryl methyl sites for hydroxylation is 1. The molecule has 16 heavy (non-hydrogen) atoms. The summed E-state index contributed by atoms with van der Waals surface area (Å²) < 4.78 is 0. The maximum atomic E-state index is 4.63. The van der Waals surface area contributed by atoms with Gasteiger partial charge in [-0.05, 0) is 18.9 Å². The Bertz CT molecular complexity index is 318. The predicted molar refractivity (Wildman–Crippen MR) is 72.4 cm³/mol. The molecule has 0 aliphatic carbocycles. The molecule has 0 atom stereocenters. The number of hydrogen-bond donors (Lipinski definition) is 1. The molecule has 1 rings (SSSR count). The molecule has 4 heteroatoms. The second-order valence-electron chi connectivity index (χ2n) is 4.64. The fourth-order valence-electron chi connectivity index (χ4n) is 1.45. The maximum Gasteiger partial charge on any atom is 0.185 e. The van der Waals surface area contributed by atoms with Crippen LogP contribution < -0.4 is 10.2 Å². The zero-order valence-electron chi connectivity index (χ0n) is 11.0. The summed E-state index contributed by atoms with van der Waals surface area (Å²) in [5, 5.41) is 4.59. The minimum Gasteiger partial charge on any atom is -0.354 e. The first-order valence-corrected chi connectivity index (χ1v) is 6.72. The van der Waals surface area contributed by atoms with Gasteiger partial charge < -0.3 is 10.2 Å². The SMILES string of the molecule is CCc1nc(N(C)C)sc1CNCC(C)C. The van der Waals surface area contributed by atoms with Crippen LogP contribution in [0.25, 0.3) is 0 Å². The van der Waals surface area contributed by atoms with Crippen LogP contribution in [0.2, 0.25) is 0 Å². The van der Waals surface area contributed by atoms with Crippen molar-refractivity contribution in [3.05, 3.63) is 10.6 Å². The molecule has 0 spiro atoms. The standard InChI is InChI=1S/C12H23N3S/c1-6-10-11(8-13-7-9(2)3)16-12(14-10)15(4)5/h9,13H,6-8H2,1-5H3. The molecule has 1 aromatic rings. The fourth-order valence-corrected chi connectivity index (χ4v) is 2.49. The summed E-state index contributed by atoms with van der Waals surface area (Å²) in [4.78, 5) is 8.09. The van der Waals surface area contributed by atoms with E-state index in [-0.39, 0.29) is 0 Å². The van der Waals surface area contributed by atoms with E-state index in [1.807, 2.05) is 14.1 Å². The molecule has 0 saturated carbocycles. The topological polar surface area (TPSA) is 28.2 Å². The van der Waals surface area contributed by atoms with E-state index in [0.29, 0.717) is 5.92 Å². The molecule has 0 fully saturated rings. The Morgan fingerprint density at radius 1 is 1.38 bits per heavy atom. The summed E-state index contributed by atoms with van der Waals surface area (Å²) in [5.41, 5.74) is 1.24. The van der Waals surface area contributed by atoms with Gasteiger partial charge in [-0.25, -0.2) is 4.98 Å². The van der Waals surface area contributed by atoms with Crippen LogP contribution in [0.3, 0.4) is 0 Å². The number of nitrogens with one attached hydrogen (secondary N) is 1. The summed E-state index contributed by atoms with van der Waals surface area (Å²) in [6.45, 7) is 8.64. The summed E-state index contributed by atoms with van der Waals surface area (Å²) in [6.07, 6.45) is 1.02. The third-order valence-electron chi connectivity index (χ3n) is 2.32. The van der Waals surface area contributed by atoms with Crippen LogP contribution in [0, 0.1) is 5.92 Å². The third-order valence-corrected chi connectivity index (χ3v) is 3.59. The lowest BCUT2D eigenvalue weighted by molar-refractivity contribution is 0.553. The van der Waals surface area contributed by atoms with Crippen molar-refractivity contribution < 1.29 is 0 Å². The average Bonchev–Trinajstić information content (AvgIpc) is 2.60. The van der Waals surface area contributed by atoms with Crippen LogP contribution in [-0.4, -0.2) is 25.6 Å². The van der Waals surface area contributed by atoms with Gasteiger partial charge in [-0.2, -0.15) is 0 Å². The van der Waals surface area contributed by atoms with Crippen molar-refractivity contribution in [1.82, 2.24) is 10.3 Å². The molecular weight excluding hydrogens is 218 g/mol. The quantitative estimate of drug-likeness (QED) is 0.829. The van der Waals surface area contributed by atoms with Crippen LogP contribution in [0.1, 0.15) is 31.3 Å². The molecule has 0 radical (unpaired) electrons. The van der Waals surface area contributed by atoms with E-state index in [0.717, 1.165) is 24.6 Å². The highest BCUT2D eigenvalue weighted by molar-refractivity contribution is 7.15. The van der Waals surface area contributed by atoms with Gasteiger partial charge in [0.05, 0.1) is 5.69 Å². The minimum absolute atomic E-state index is 0.700. The van der Waals surface area contributed by atoms with Crippen molar-refractivity contribution in [3.8, 4) is 0 Å². The Morgan fingerprint density at radius 3 is 2.56 bits per heavy atom. The van der Waals surface area contributed by atoms with Crippen molar-refractivity contribution in [2.75, 3.05) is 25.5 Å². The maximum absolute atomic E-state index is 4.63. The van der Waals surface area contributed by atoms with E-state index in [1.54, 1.807) is 11.3 Å². The van der Waals surface area contributed by atoms with Crippen LogP contribution in [-0.2, 0) is 13.0 Å². The second-order valence-corrected chi connectivity index (χ2v) is 5.70. The Kier molecular flexibility index (Phi) is 5.22. The first kappa shape index (κ1) is 13.5. The van der Waals surface area contributed by atoms with Crippen LogP contribution >= 0.6 is 11.3 Å². The van der Waals surface area contributed by atoms with Crippen LogP contribution in [0.15, 0.2) is 0 Å². The minimum atomic E-state index is 0.700. The van der Waals surface area contributed by atoms with Crippen molar-refractivity contribution in [1.29, 1.82) is 0 Å². The molecule has 1 aromatic heterocycles. The third kappa shape index (κ3) is 3.76. The van der Waals surface area contributed by atoms with Crippen LogP contribution in [0.5, 0.6) is 0 Å². The van der Waals surface area contributed by atoms with E-state index in [4.69, 9.17) is 0 Å². The van der Waals surface area contributed by atoms with Gasteiger partial charge in [0.2, 0.25) is 0 Å². The van der Waals surface area contributed by atoms with Gasteiger partial charge in [-0.15, -0.1) is 11.3 Å². The highest BCUT2D eigenvalue weighted by Gasteiger charge is 2.10. The largest absolute Gasteiger partial charge is 0.354 e. The first-order valence-electron chi connectivity index (χ1n) is 5.91. The summed E-state index contributed by atoms with van der Waals surface area (Å²) in [6, 6.07) is 0. The average molecular weight is 241 g/mol. The van der Waals surface area contributed by atoms with Gasteiger partial charge in [0.1, 0.15) is 0 Å². The van der Waals surface area contributed by atoms with Gasteiger partial charge in [0.25, 0.3) is 0 Å². The van der Waals surface area contributed by atoms with E-state index < -0.39 is 0 Å². The highest BCUT2D eigenvalue weighted by atomic mass is 32.1. The number of thiazole rings is 1. The molecular formula is C12H23N3S. The van der Waals surface area contributed by atoms with Crippen LogP contribution in [0.4, 0.5) is 5.13 Å². The Hall–Kier alpha value is -0.610. The van der Waals surface area contributed by atoms with Gasteiger partial charge in [0.15, 0.2) is 5.13 Å². The normalized spacial score (nSPS) is 11.1. The lowest BCUT2D eigenvalue weighted by Gasteiger charge is -2.06. The van der Waals surface area contributed by atoms with Crippen molar-refractivity contribution in [2.24, 2.45) is 5.92 Å². The molecule has 0 aliphatic rings. The molecule has 92 valence electrons. The first-order chi connectivity index (χ1) is 7.54. The molecule has 0 saturated heterocycles.